The Bertz CT molecular complexity index is 1060. The van der Waals surface area contributed by atoms with Crippen molar-refractivity contribution < 1.29 is 5.11 Å². The summed E-state index contributed by atoms with van der Waals surface area (Å²) in [6.45, 7) is 4.15. The van der Waals surface area contributed by atoms with Crippen LogP contribution in [0.3, 0.4) is 0 Å². The van der Waals surface area contributed by atoms with Crippen molar-refractivity contribution in [2.45, 2.75) is 44.6 Å². The molecular formula is C24H28N4O. The molecule has 29 heavy (non-hydrogen) atoms. The normalized spacial score (nSPS) is 20.1. The molecule has 2 aliphatic rings. The molecule has 2 N–H and O–H groups in total. The fourth-order valence-corrected chi connectivity index (χ4v) is 4.47. The zero-order valence-corrected chi connectivity index (χ0v) is 17.2. The second kappa shape index (κ2) is 7.30. The molecule has 0 amide bonds. The third-order valence-electron chi connectivity index (χ3n) is 6.23. The second-order valence-corrected chi connectivity index (χ2v) is 8.74. The van der Waals surface area contributed by atoms with E-state index in [4.69, 9.17) is 0 Å². The number of benzene rings is 2. The topological polar surface area (TPSA) is 61.3 Å². The molecule has 1 saturated heterocycles. The van der Waals surface area contributed by atoms with Gasteiger partial charge in [0.25, 0.3) is 0 Å². The summed E-state index contributed by atoms with van der Waals surface area (Å²) in [6.07, 6.45) is 4.89. The molecule has 1 aliphatic carbocycles. The molecule has 3 aromatic rings. The second-order valence-electron chi connectivity index (χ2n) is 8.74. The summed E-state index contributed by atoms with van der Waals surface area (Å²) in [4.78, 5) is 2.37. The minimum Gasteiger partial charge on any atom is -0.507 e. The molecule has 1 saturated carbocycles. The maximum Gasteiger partial charge on any atom is 0.156 e. The van der Waals surface area contributed by atoms with Crippen molar-refractivity contribution in [2.24, 2.45) is 0 Å². The third kappa shape index (κ3) is 3.67. The van der Waals surface area contributed by atoms with Crippen molar-refractivity contribution in [1.82, 2.24) is 15.1 Å². The summed E-state index contributed by atoms with van der Waals surface area (Å²) in [5.41, 5.74) is 3.88. The van der Waals surface area contributed by atoms with Gasteiger partial charge in [-0.1, -0.05) is 18.2 Å². The first-order valence-electron chi connectivity index (χ1n) is 10.6. The van der Waals surface area contributed by atoms with Gasteiger partial charge in [0.2, 0.25) is 0 Å². The molecule has 1 aromatic heterocycles. The summed E-state index contributed by atoms with van der Waals surface area (Å²) in [7, 11) is 2.17. The third-order valence-corrected chi connectivity index (χ3v) is 6.23. The molecule has 1 atom stereocenters. The molecule has 1 aliphatic heterocycles. The number of aryl methyl sites for hydroxylation is 1. The maximum atomic E-state index is 10.5. The van der Waals surface area contributed by atoms with Gasteiger partial charge in [-0.05, 0) is 81.4 Å². The number of anilines is 1. The van der Waals surface area contributed by atoms with Gasteiger partial charge in [0.15, 0.2) is 5.82 Å². The molecule has 0 radical (unpaired) electrons. The lowest BCUT2D eigenvalue weighted by Gasteiger charge is -2.30. The van der Waals surface area contributed by atoms with E-state index in [2.05, 4.69) is 45.7 Å². The predicted octanol–water partition coefficient (Wildman–Crippen LogP) is 4.69. The number of likely N-dealkylation sites (tertiary alicyclic amines) is 1. The number of aromatic nitrogens is 2. The first-order chi connectivity index (χ1) is 14.1. The SMILES string of the molecule is Cc1ccc(-c2nnc(N[C@@H]3CCCN(C)C3)c3cc(C4CC4)ccc23)c(O)c1. The predicted molar refractivity (Wildman–Crippen MR) is 117 cm³/mol. The van der Waals surface area contributed by atoms with Crippen LogP contribution in [0.15, 0.2) is 36.4 Å². The van der Waals surface area contributed by atoms with Gasteiger partial charge in [0.05, 0.1) is 0 Å². The highest BCUT2D eigenvalue weighted by atomic mass is 16.3. The molecule has 2 heterocycles. The van der Waals surface area contributed by atoms with E-state index in [1.807, 2.05) is 19.1 Å². The van der Waals surface area contributed by atoms with Crippen molar-refractivity contribution in [3.8, 4) is 17.0 Å². The van der Waals surface area contributed by atoms with Crippen molar-refractivity contribution in [1.29, 1.82) is 0 Å². The summed E-state index contributed by atoms with van der Waals surface area (Å²) >= 11 is 0. The minimum absolute atomic E-state index is 0.251. The maximum absolute atomic E-state index is 10.5. The average molecular weight is 389 g/mol. The summed E-state index contributed by atoms with van der Waals surface area (Å²) in [5.74, 6) is 1.79. The monoisotopic (exact) mass is 388 g/mol. The average Bonchev–Trinajstić information content (AvgIpc) is 3.54. The van der Waals surface area contributed by atoms with Gasteiger partial charge in [0.1, 0.15) is 11.4 Å². The fraction of sp³-hybridized carbons (Fsp3) is 0.417. The van der Waals surface area contributed by atoms with Gasteiger partial charge in [-0.15, -0.1) is 10.2 Å². The molecule has 5 nitrogen and oxygen atoms in total. The Morgan fingerprint density at radius 1 is 1.03 bits per heavy atom. The number of nitrogens with zero attached hydrogens (tertiary/aromatic N) is 3. The standard InChI is InChI=1S/C24H28N4O/c1-15-5-9-20(22(29)12-15)23-19-10-8-17(16-6-7-16)13-21(19)24(27-26-23)25-18-4-3-11-28(2)14-18/h5,8-10,12-13,16,18,29H,3-4,6-7,11,14H2,1-2H3,(H,25,27)/t18-/m1/s1. The highest BCUT2D eigenvalue weighted by Gasteiger charge is 2.25. The van der Waals surface area contributed by atoms with Gasteiger partial charge in [-0.25, -0.2) is 0 Å². The van der Waals surface area contributed by atoms with E-state index in [-0.39, 0.29) is 5.75 Å². The van der Waals surface area contributed by atoms with Crippen LogP contribution in [0.1, 0.15) is 42.7 Å². The van der Waals surface area contributed by atoms with E-state index in [9.17, 15) is 5.11 Å². The van der Waals surface area contributed by atoms with Gasteiger partial charge >= 0.3 is 0 Å². The van der Waals surface area contributed by atoms with Crippen LogP contribution in [0.5, 0.6) is 5.75 Å². The minimum atomic E-state index is 0.251. The number of likely N-dealkylation sites (N-methyl/N-ethyl adjacent to an activating group) is 1. The Balaban J connectivity index is 1.61. The number of aromatic hydroxyl groups is 1. The molecule has 150 valence electrons. The summed E-state index contributed by atoms with van der Waals surface area (Å²) < 4.78 is 0. The largest absolute Gasteiger partial charge is 0.507 e. The lowest BCUT2D eigenvalue weighted by atomic mass is 9.99. The smallest absolute Gasteiger partial charge is 0.156 e. The molecule has 0 unspecified atom stereocenters. The number of phenols is 1. The van der Waals surface area contributed by atoms with Crippen LogP contribution in [0.4, 0.5) is 5.82 Å². The molecular weight excluding hydrogens is 360 g/mol. The number of hydrogen-bond donors (Lipinski definition) is 2. The van der Waals surface area contributed by atoms with Crippen LogP contribution >= 0.6 is 0 Å². The quantitative estimate of drug-likeness (QED) is 0.679. The first-order valence-corrected chi connectivity index (χ1v) is 10.6. The Morgan fingerprint density at radius 3 is 2.66 bits per heavy atom. The van der Waals surface area contributed by atoms with Crippen LogP contribution in [-0.4, -0.2) is 46.4 Å². The van der Waals surface area contributed by atoms with E-state index in [0.717, 1.165) is 52.9 Å². The number of rotatable bonds is 4. The van der Waals surface area contributed by atoms with Crippen LogP contribution in [0.25, 0.3) is 22.0 Å². The molecule has 5 rings (SSSR count). The summed E-state index contributed by atoms with van der Waals surface area (Å²) in [6, 6.07) is 12.8. The van der Waals surface area contributed by atoms with Crippen LogP contribution in [0.2, 0.25) is 0 Å². The molecule has 5 heteroatoms. The van der Waals surface area contributed by atoms with E-state index in [0.29, 0.717) is 12.0 Å². The van der Waals surface area contributed by atoms with E-state index < -0.39 is 0 Å². The first kappa shape index (κ1) is 18.4. The lowest BCUT2D eigenvalue weighted by Crippen LogP contribution is -2.40. The zero-order valence-electron chi connectivity index (χ0n) is 17.2. The van der Waals surface area contributed by atoms with E-state index >= 15 is 0 Å². The Hall–Kier alpha value is -2.66. The van der Waals surface area contributed by atoms with Gasteiger partial charge < -0.3 is 15.3 Å². The van der Waals surface area contributed by atoms with Crippen LogP contribution in [0, 0.1) is 6.92 Å². The van der Waals surface area contributed by atoms with Gasteiger partial charge in [0, 0.05) is 28.9 Å². The van der Waals surface area contributed by atoms with Crippen LogP contribution < -0.4 is 5.32 Å². The lowest BCUT2D eigenvalue weighted by molar-refractivity contribution is 0.261. The number of hydrogen-bond acceptors (Lipinski definition) is 5. The molecule has 2 aromatic carbocycles. The number of piperidine rings is 1. The van der Waals surface area contributed by atoms with Crippen LogP contribution in [-0.2, 0) is 0 Å². The van der Waals surface area contributed by atoms with E-state index in [1.165, 1.54) is 24.8 Å². The van der Waals surface area contributed by atoms with Crippen molar-refractivity contribution >= 4 is 16.6 Å². The molecule has 0 spiro atoms. The van der Waals surface area contributed by atoms with Gasteiger partial charge in [-0.2, -0.15) is 0 Å². The molecule has 2 fully saturated rings. The highest BCUT2D eigenvalue weighted by molar-refractivity contribution is 6.01. The van der Waals surface area contributed by atoms with Crippen molar-refractivity contribution in [2.75, 3.05) is 25.5 Å². The highest BCUT2D eigenvalue weighted by Crippen LogP contribution is 2.43. The Morgan fingerprint density at radius 2 is 1.90 bits per heavy atom. The Kier molecular flexibility index (Phi) is 4.63. The van der Waals surface area contributed by atoms with Crippen molar-refractivity contribution in [3.05, 3.63) is 47.5 Å². The Labute approximate surface area is 171 Å². The summed E-state index contributed by atoms with van der Waals surface area (Å²) in [5, 5.41) is 25.5. The zero-order chi connectivity index (χ0) is 20.0. The number of phenolic OH excluding ortho intramolecular Hbond substituents is 1. The molecule has 0 bridgehead atoms. The van der Waals surface area contributed by atoms with Crippen molar-refractivity contribution in [3.63, 3.8) is 0 Å². The van der Waals surface area contributed by atoms with E-state index in [1.54, 1.807) is 6.07 Å². The number of fused-ring (bicyclic) bond motifs is 1. The van der Waals surface area contributed by atoms with Gasteiger partial charge in [-0.3, -0.25) is 0 Å². The fourth-order valence-electron chi connectivity index (χ4n) is 4.47. The number of nitrogens with one attached hydrogen (secondary N) is 1.